The maximum atomic E-state index is 10.6. The first-order valence-electron chi connectivity index (χ1n) is 7.75. The molecule has 0 bridgehead atoms. The fourth-order valence-corrected chi connectivity index (χ4v) is 2.17. The monoisotopic (exact) mass is 269 g/mol. The molecule has 0 amide bonds. The van der Waals surface area contributed by atoms with Crippen LogP contribution in [0.5, 0.6) is 0 Å². The van der Waals surface area contributed by atoms with Gasteiger partial charge in [-0.05, 0) is 38.9 Å². The van der Waals surface area contributed by atoms with Gasteiger partial charge in [0.15, 0.2) is 0 Å². The van der Waals surface area contributed by atoms with Gasteiger partial charge in [-0.1, -0.05) is 52.5 Å². The summed E-state index contributed by atoms with van der Waals surface area (Å²) in [5.74, 6) is -0.862. The molecule has 1 N–H and O–H groups in total. The van der Waals surface area contributed by atoms with E-state index in [0.29, 0.717) is 12.0 Å². The third kappa shape index (κ3) is 10.8. The van der Waals surface area contributed by atoms with Gasteiger partial charge in [-0.3, -0.25) is 0 Å². The Labute approximate surface area is 118 Å². The van der Waals surface area contributed by atoms with Gasteiger partial charge < -0.3 is 10.0 Å². The summed E-state index contributed by atoms with van der Waals surface area (Å²) in [6, 6.07) is 0. The number of aliphatic carboxylic acids is 1. The zero-order valence-electron chi connectivity index (χ0n) is 12.8. The number of nitrogens with zero attached hydrogens (tertiary/aromatic N) is 1. The molecular weight excluding hydrogens is 238 g/mol. The van der Waals surface area contributed by atoms with Crippen LogP contribution >= 0.6 is 0 Å². The molecule has 0 rings (SSSR count). The van der Waals surface area contributed by atoms with E-state index < -0.39 is 5.97 Å². The Morgan fingerprint density at radius 3 is 2.16 bits per heavy atom. The van der Waals surface area contributed by atoms with E-state index in [1.807, 2.05) is 0 Å². The molecule has 0 heterocycles. The summed E-state index contributed by atoms with van der Waals surface area (Å²) in [5, 5.41) is 8.74. The molecule has 3 nitrogen and oxygen atoms in total. The second kappa shape index (κ2) is 12.2. The lowest BCUT2D eigenvalue weighted by Crippen LogP contribution is -2.26. The van der Waals surface area contributed by atoms with Crippen LogP contribution in [0.3, 0.4) is 0 Å². The van der Waals surface area contributed by atoms with Gasteiger partial charge in [0.25, 0.3) is 0 Å². The van der Waals surface area contributed by atoms with E-state index in [2.05, 4.69) is 25.3 Å². The molecule has 0 aliphatic heterocycles. The molecule has 0 aromatic rings. The largest absolute Gasteiger partial charge is 0.478 e. The first kappa shape index (κ1) is 18.2. The highest BCUT2D eigenvalue weighted by atomic mass is 16.4. The maximum absolute atomic E-state index is 10.6. The third-order valence-corrected chi connectivity index (χ3v) is 3.53. The van der Waals surface area contributed by atoms with E-state index in [1.165, 1.54) is 38.5 Å². The molecule has 19 heavy (non-hydrogen) atoms. The normalized spacial score (nSPS) is 10.9. The molecule has 0 fully saturated rings. The van der Waals surface area contributed by atoms with Gasteiger partial charge in [0.05, 0.1) is 0 Å². The Morgan fingerprint density at radius 1 is 1.00 bits per heavy atom. The van der Waals surface area contributed by atoms with Crippen molar-refractivity contribution in [2.24, 2.45) is 0 Å². The third-order valence-electron chi connectivity index (χ3n) is 3.53. The van der Waals surface area contributed by atoms with Crippen LogP contribution in [0.2, 0.25) is 0 Å². The minimum absolute atomic E-state index is 0.329. The van der Waals surface area contributed by atoms with E-state index >= 15 is 0 Å². The molecule has 0 spiro atoms. The molecule has 0 saturated carbocycles. The lowest BCUT2D eigenvalue weighted by molar-refractivity contribution is -0.132. The molecule has 0 aliphatic carbocycles. The van der Waals surface area contributed by atoms with Crippen molar-refractivity contribution < 1.29 is 9.90 Å². The van der Waals surface area contributed by atoms with E-state index in [1.54, 1.807) is 0 Å². The molecule has 0 atom stereocenters. The van der Waals surface area contributed by atoms with E-state index in [9.17, 15) is 4.79 Å². The molecule has 112 valence electrons. The predicted octanol–water partition coefficient (Wildman–Crippen LogP) is 4.09. The van der Waals surface area contributed by atoms with Crippen molar-refractivity contribution in [2.75, 3.05) is 19.6 Å². The van der Waals surface area contributed by atoms with Crippen molar-refractivity contribution in [1.82, 2.24) is 4.90 Å². The number of carboxylic acid groups (broad SMARTS) is 1. The number of hydrogen-bond donors (Lipinski definition) is 1. The van der Waals surface area contributed by atoms with E-state index in [4.69, 9.17) is 5.11 Å². The second-order valence-corrected chi connectivity index (χ2v) is 5.21. The highest BCUT2D eigenvalue weighted by Gasteiger charge is 2.06. The van der Waals surface area contributed by atoms with Crippen LogP contribution in [0.4, 0.5) is 0 Å². The molecular formula is C16H31NO2. The number of carbonyl (C=O) groups is 1. The van der Waals surface area contributed by atoms with Gasteiger partial charge in [-0.15, -0.1) is 0 Å². The van der Waals surface area contributed by atoms with Gasteiger partial charge in [-0.25, -0.2) is 4.79 Å². The number of hydrogen-bond acceptors (Lipinski definition) is 2. The van der Waals surface area contributed by atoms with E-state index in [0.717, 1.165) is 26.1 Å². The molecule has 0 radical (unpaired) electrons. The highest BCUT2D eigenvalue weighted by molar-refractivity contribution is 5.85. The zero-order valence-corrected chi connectivity index (χ0v) is 12.8. The van der Waals surface area contributed by atoms with Crippen molar-refractivity contribution in [2.45, 2.75) is 65.2 Å². The van der Waals surface area contributed by atoms with Crippen LogP contribution < -0.4 is 0 Å². The first-order chi connectivity index (χ1) is 9.11. The van der Waals surface area contributed by atoms with Crippen molar-refractivity contribution in [3.8, 4) is 0 Å². The van der Waals surface area contributed by atoms with Crippen LogP contribution in [0.15, 0.2) is 12.2 Å². The lowest BCUT2D eigenvalue weighted by Gasteiger charge is -2.20. The molecule has 0 aliphatic rings. The van der Waals surface area contributed by atoms with Crippen molar-refractivity contribution >= 4 is 5.97 Å². The Hall–Kier alpha value is -0.830. The molecule has 0 aromatic carbocycles. The Bertz CT molecular complexity index is 251. The highest BCUT2D eigenvalue weighted by Crippen LogP contribution is 2.08. The summed E-state index contributed by atoms with van der Waals surface area (Å²) in [4.78, 5) is 13.0. The van der Waals surface area contributed by atoms with E-state index in [-0.39, 0.29) is 0 Å². The average molecular weight is 269 g/mol. The minimum atomic E-state index is -0.862. The smallest absolute Gasteiger partial charge is 0.330 e. The summed E-state index contributed by atoms with van der Waals surface area (Å²) < 4.78 is 0. The molecule has 0 aromatic heterocycles. The summed E-state index contributed by atoms with van der Waals surface area (Å²) in [5.41, 5.74) is 0.329. The summed E-state index contributed by atoms with van der Waals surface area (Å²) in [6.45, 7) is 11.1. The standard InChI is InChI=1S/C16H31NO2/c1-4-6-7-8-9-10-13-17(5-2)14-11-12-15(3)16(18)19/h3-14H2,1-2H3,(H,18,19). The van der Waals surface area contributed by atoms with Gasteiger partial charge in [0.2, 0.25) is 0 Å². The quantitative estimate of drug-likeness (QED) is 0.404. The fraction of sp³-hybridized carbons (Fsp3) is 0.812. The second-order valence-electron chi connectivity index (χ2n) is 5.21. The lowest BCUT2D eigenvalue weighted by atomic mass is 10.1. The molecule has 3 heteroatoms. The minimum Gasteiger partial charge on any atom is -0.478 e. The van der Waals surface area contributed by atoms with Crippen LogP contribution in [0, 0.1) is 0 Å². The fourth-order valence-electron chi connectivity index (χ4n) is 2.17. The maximum Gasteiger partial charge on any atom is 0.330 e. The van der Waals surface area contributed by atoms with Crippen LogP contribution in [0.1, 0.15) is 65.2 Å². The Kier molecular flexibility index (Phi) is 11.7. The zero-order chi connectivity index (χ0) is 14.5. The number of unbranched alkanes of at least 4 members (excludes halogenated alkanes) is 5. The topological polar surface area (TPSA) is 40.5 Å². The first-order valence-corrected chi connectivity index (χ1v) is 7.75. The van der Waals surface area contributed by atoms with Crippen LogP contribution in [0.25, 0.3) is 0 Å². The summed E-state index contributed by atoms with van der Waals surface area (Å²) in [6.07, 6.45) is 9.44. The van der Waals surface area contributed by atoms with Gasteiger partial charge in [0, 0.05) is 5.57 Å². The van der Waals surface area contributed by atoms with Crippen LogP contribution in [-0.2, 0) is 4.79 Å². The Morgan fingerprint density at radius 2 is 1.58 bits per heavy atom. The molecule has 0 saturated heterocycles. The predicted molar refractivity (Wildman–Crippen MR) is 81.5 cm³/mol. The molecule has 0 unspecified atom stereocenters. The van der Waals surface area contributed by atoms with Crippen molar-refractivity contribution in [3.05, 3.63) is 12.2 Å². The Balaban J connectivity index is 3.55. The van der Waals surface area contributed by atoms with Gasteiger partial charge in [0.1, 0.15) is 0 Å². The SMILES string of the molecule is C=C(CCCN(CC)CCCCCCCC)C(=O)O. The summed E-state index contributed by atoms with van der Waals surface area (Å²) >= 11 is 0. The van der Waals surface area contributed by atoms with Crippen molar-refractivity contribution in [3.63, 3.8) is 0 Å². The van der Waals surface area contributed by atoms with Gasteiger partial charge in [-0.2, -0.15) is 0 Å². The average Bonchev–Trinajstić information content (AvgIpc) is 2.40. The number of carboxylic acids is 1. The summed E-state index contributed by atoms with van der Waals surface area (Å²) in [7, 11) is 0. The van der Waals surface area contributed by atoms with Crippen LogP contribution in [-0.4, -0.2) is 35.6 Å². The number of rotatable bonds is 13. The van der Waals surface area contributed by atoms with Crippen molar-refractivity contribution in [1.29, 1.82) is 0 Å². The van der Waals surface area contributed by atoms with Gasteiger partial charge >= 0.3 is 5.97 Å².